The number of carboxylic acids is 1. The number of aryl methyl sites for hydroxylation is 1. The molecule has 0 bridgehead atoms. The first-order valence-corrected chi connectivity index (χ1v) is 9.77. The second-order valence-electron chi connectivity index (χ2n) is 7.14. The SMILES string of the molecule is Cc1ccc(Cc2cccn2CCOc2cccc(COC(C)C(=O)O)c2)cc1. The van der Waals surface area contributed by atoms with Crippen molar-refractivity contribution in [3.8, 4) is 5.75 Å². The molecule has 0 aliphatic rings. The van der Waals surface area contributed by atoms with Gasteiger partial charge in [0.25, 0.3) is 0 Å². The molecular formula is C24H27NO4. The number of hydrogen-bond donors (Lipinski definition) is 1. The molecule has 1 heterocycles. The number of carbonyl (C=O) groups is 1. The van der Waals surface area contributed by atoms with E-state index in [1.165, 1.54) is 23.7 Å². The lowest BCUT2D eigenvalue weighted by atomic mass is 10.1. The van der Waals surface area contributed by atoms with Crippen molar-refractivity contribution < 1.29 is 19.4 Å². The van der Waals surface area contributed by atoms with Gasteiger partial charge in [-0.3, -0.25) is 0 Å². The molecule has 3 aromatic rings. The van der Waals surface area contributed by atoms with Crippen LogP contribution < -0.4 is 4.74 Å². The molecule has 0 saturated heterocycles. The fourth-order valence-corrected chi connectivity index (χ4v) is 3.02. The van der Waals surface area contributed by atoms with Gasteiger partial charge in [-0.25, -0.2) is 4.79 Å². The number of hydrogen-bond acceptors (Lipinski definition) is 3. The summed E-state index contributed by atoms with van der Waals surface area (Å²) >= 11 is 0. The number of ether oxygens (including phenoxy) is 2. The third-order valence-electron chi connectivity index (χ3n) is 4.78. The van der Waals surface area contributed by atoms with Gasteiger partial charge in [-0.1, -0.05) is 42.0 Å². The van der Waals surface area contributed by atoms with Gasteiger partial charge in [0.1, 0.15) is 12.4 Å². The minimum Gasteiger partial charge on any atom is -0.492 e. The Bertz CT molecular complexity index is 930. The Morgan fingerprint density at radius 1 is 1.07 bits per heavy atom. The second-order valence-corrected chi connectivity index (χ2v) is 7.14. The number of aromatic nitrogens is 1. The lowest BCUT2D eigenvalue weighted by Gasteiger charge is -2.12. The van der Waals surface area contributed by atoms with E-state index in [0.29, 0.717) is 6.61 Å². The van der Waals surface area contributed by atoms with E-state index in [1.807, 2.05) is 24.3 Å². The van der Waals surface area contributed by atoms with Crippen molar-refractivity contribution >= 4 is 5.97 Å². The van der Waals surface area contributed by atoms with E-state index < -0.39 is 12.1 Å². The molecule has 0 saturated carbocycles. The van der Waals surface area contributed by atoms with Crippen molar-refractivity contribution in [1.82, 2.24) is 4.57 Å². The summed E-state index contributed by atoms with van der Waals surface area (Å²) < 4.78 is 13.4. The molecule has 5 heteroatoms. The van der Waals surface area contributed by atoms with Crippen LogP contribution in [0.5, 0.6) is 5.75 Å². The summed E-state index contributed by atoms with van der Waals surface area (Å²) in [7, 11) is 0. The van der Waals surface area contributed by atoms with Crippen molar-refractivity contribution in [2.75, 3.05) is 6.61 Å². The van der Waals surface area contributed by atoms with Crippen LogP contribution in [0.3, 0.4) is 0 Å². The van der Waals surface area contributed by atoms with E-state index in [4.69, 9.17) is 14.6 Å². The summed E-state index contributed by atoms with van der Waals surface area (Å²) in [4.78, 5) is 10.8. The molecule has 0 aliphatic carbocycles. The van der Waals surface area contributed by atoms with Crippen molar-refractivity contribution in [1.29, 1.82) is 0 Å². The lowest BCUT2D eigenvalue weighted by molar-refractivity contribution is -0.149. The number of benzene rings is 2. The highest BCUT2D eigenvalue weighted by molar-refractivity contribution is 5.71. The maximum absolute atomic E-state index is 10.8. The molecule has 3 rings (SSSR count). The molecule has 29 heavy (non-hydrogen) atoms. The molecule has 0 amide bonds. The van der Waals surface area contributed by atoms with E-state index in [-0.39, 0.29) is 6.61 Å². The second kappa shape index (κ2) is 9.94. The number of rotatable bonds is 10. The molecule has 0 radical (unpaired) electrons. The van der Waals surface area contributed by atoms with Crippen LogP contribution in [-0.2, 0) is 29.1 Å². The summed E-state index contributed by atoms with van der Waals surface area (Å²) in [5, 5.41) is 8.90. The van der Waals surface area contributed by atoms with E-state index >= 15 is 0 Å². The predicted molar refractivity (Wildman–Crippen MR) is 112 cm³/mol. The Hall–Kier alpha value is -3.05. The van der Waals surface area contributed by atoms with Crippen LogP contribution in [0, 0.1) is 6.92 Å². The Morgan fingerprint density at radius 2 is 1.86 bits per heavy atom. The van der Waals surface area contributed by atoms with Crippen LogP contribution in [0.15, 0.2) is 66.9 Å². The topological polar surface area (TPSA) is 60.7 Å². The van der Waals surface area contributed by atoms with Gasteiger partial charge in [0.2, 0.25) is 0 Å². The van der Waals surface area contributed by atoms with Gasteiger partial charge >= 0.3 is 5.97 Å². The third kappa shape index (κ3) is 6.22. The molecular weight excluding hydrogens is 366 g/mol. The normalized spacial score (nSPS) is 11.9. The monoisotopic (exact) mass is 393 g/mol. The number of aliphatic carboxylic acids is 1. The van der Waals surface area contributed by atoms with E-state index in [1.54, 1.807) is 0 Å². The molecule has 1 N–H and O–H groups in total. The van der Waals surface area contributed by atoms with Crippen molar-refractivity contribution in [2.24, 2.45) is 0 Å². The van der Waals surface area contributed by atoms with Crippen LogP contribution in [0.25, 0.3) is 0 Å². The first kappa shape index (κ1) is 20.7. The van der Waals surface area contributed by atoms with Crippen LogP contribution in [-0.4, -0.2) is 28.4 Å². The van der Waals surface area contributed by atoms with Crippen molar-refractivity contribution in [3.05, 3.63) is 89.2 Å². The molecule has 0 spiro atoms. The van der Waals surface area contributed by atoms with Crippen LogP contribution in [0.4, 0.5) is 0 Å². The van der Waals surface area contributed by atoms with Gasteiger partial charge in [0.15, 0.2) is 6.10 Å². The first-order valence-electron chi connectivity index (χ1n) is 9.77. The van der Waals surface area contributed by atoms with Gasteiger partial charge in [0.05, 0.1) is 13.2 Å². The van der Waals surface area contributed by atoms with E-state index in [9.17, 15) is 4.79 Å². The minimum absolute atomic E-state index is 0.239. The fraction of sp³-hybridized carbons (Fsp3) is 0.292. The smallest absolute Gasteiger partial charge is 0.332 e. The van der Waals surface area contributed by atoms with Crippen LogP contribution in [0.2, 0.25) is 0 Å². The zero-order valence-corrected chi connectivity index (χ0v) is 16.9. The summed E-state index contributed by atoms with van der Waals surface area (Å²) in [6, 6.07) is 20.4. The van der Waals surface area contributed by atoms with Gasteiger partial charge < -0.3 is 19.1 Å². The summed E-state index contributed by atoms with van der Waals surface area (Å²) in [5.41, 5.74) is 4.70. The van der Waals surface area contributed by atoms with Gasteiger partial charge in [0, 0.05) is 18.3 Å². The zero-order valence-electron chi connectivity index (χ0n) is 16.9. The predicted octanol–water partition coefficient (Wildman–Crippen LogP) is 4.46. The number of carboxylic acid groups (broad SMARTS) is 1. The quantitative estimate of drug-likeness (QED) is 0.553. The molecule has 0 aliphatic heterocycles. The number of nitrogens with zero attached hydrogens (tertiary/aromatic N) is 1. The molecule has 1 aromatic heterocycles. The maximum atomic E-state index is 10.8. The molecule has 1 unspecified atom stereocenters. The summed E-state index contributed by atoms with van der Waals surface area (Å²) in [6.45, 7) is 5.16. The molecule has 1 atom stereocenters. The summed E-state index contributed by atoms with van der Waals surface area (Å²) in [6.07, 6.45) is 2.13. The Labute approximate surface area is 171 Å². The molecule has 2 aromatic carbocycles. The maximum Gasteiger partial charge on any atom is 0.332 e. The summed E-state index contributed by atoms with van der Waals surface area (Å²) in [5.74, 6) is -0.216. The average Bonchev–Trinajstić information content (AvgIpc) is 3.15. The lowest BCUT2D eigenvalue weighted by Crippen LogP contribution is -2.19. The first-order chi connectivity index (χ1) is 14.0. The average molecular weight is 393 g/mol. The Kier molecular flexibility index (Phi) is 7.09. The third-order valence-corrected chi connectivity index (χ3v) is 4.78. The van der Waals surface area contributed by atoms with E-state index in [2.05, 4.69) is 54.1 Å². The largest absolute Gasteiger partial charge is 0.492 e. The Balaban J connectivity index is 1.52. The van der Waals surface area contributed by atoms with Gasteiger partial charge in [-0.05, 0) is 49.2 Å². The highest BCUT2D eigenvalue weighted by Gasteiger charge is 2.11. The van der Waals surface area contributed by atoms with Gasteiger partial charge in [-0.2, -0.15) is 0 Å². The highest BCUT2D eigenvalue weighted by Crippen LogP contribution is 2.16. The zero-order chi connectivity index (χ0) is 20.6. The standard InChI is InChI=1S/C24H27NO4/c1-18-8-10-20(11-9-18)15-22-6-4-12-25(22)13-14-28-23-7-3-5-21(16-23)17-29-19(2)24(26)27/h3-12,16,19H,13-15,17H2,1-2H3,(H,26,27). The molecule has 5 nitrogen and oxygen atoms in total. The van der Waals surface area contributed by atoms with Crippen molar-refractivity contribution in [2.45, 2.75) is 39.5 Å². The van der Waals surface area contributed by atoms with Crippen LogP contribution >= 0.6 is 0 Å². The minimum atomic E-state index is -0.967. The fourth-order valence-electron chi connectivity index (χ4n) is 3.02. The Morgan fingerprint density at radius 3 is 2.62 bits per heavy atom. The van der Waals surface area contributed by atoms with E-state index in [0.717, 1.165) is 24.3 Å². The van der Waals surface area contributed by atoms with Crippen LogP contribution in [0.1, 0.15) is 29.3 Å². The van der Waals surface area contributed by atoms with Gasteiger partial charge in [-0.15, -0.1) is 0 Å². The molecule has 0 fully saturated rings. The highest BCUT2D eigenvalue weighted by atomic mass is 16.5. The van der Waals surface area contributed by atoms with Crippen molar-refractivity contribution in [3.63, 3.8) is 0 Å². The molecule has 152 valence electrons.